The monoisotopic (exact) mass is 507 g/mol. The zero-order chi connectivity index (χ0) is 25.3. The van der Waals surface area contributed by atoms with E-state index in [1.807, 2.05) is 40.4 Å². The van der Waals surface area contributed by atoms with E-state index in [2.05, 4.69) is 47.4 Å². The lowest BCUT2D eigenvalue weighted by molar-refractivity contribution is 0.0815. The minimum absolute atomic E-state index is 0.171. The van der Waals surface area contributed by atoms with E-state index >= 15 is 0 Å². The lowest BCUT2D eigenvalue weighted by Crippen LogP contribution is -2.29. The van der Waals surface area contributed by atoms with Crippen molar-refractivity contribution in [2.24, 2.45) is 0 Å². The highest BCUT2D eigenvalue weighted by Crippen LogP contribution is 2.26. The number of aromatic nitrogens is 5. The van der Waals surface area contributed by atoms with Crippen molar-refractivity contribution in [3.8, 4) is 0 Å². The van der Waals surface area contributed by atoms with Gasteiger partial charge in [0.25, 0.3) is 0 Å². The standard InChI is InChI=1S/C26H37N7O2Si/c1-18-22-13-10-20(16-23(22)32(30-18)17-35-14-15-36(2,3)4)28-26-29-25-7-5-6-24(33(25)31-26)27-19-8-11-21(34)12-9-19/h5-7,10,13,16,19,21,27,34H,8-9,11-12,14-15,17H2,1-4H3,(H,28,31). The second-order valence-corrected chi connectivity index (χ2v) is 16.7. The van der Waals surface area contributed by atoms with E-state index in [1.54, 1.807) is 0 Å². The maximum Gasteiger partial charge on any atom is 0.247 e. The third kappa shape index (κ3) is 5.71. The predicted octanol–water partition coefficient (Wildman–Crippen LogP) is 5.16. The molecule has 1 aliphatic rings. The number of aryl methyl sites for hydroxylation is 1. The van der Waals surface area contributed by atoms with Crippen molar-refractivity contribution in [2.45, 2.75) is 77.2 Å². The largest absolute Gasteiger partial charge is 0.393 e. The molecule has 0 spiro atoms. The maximum absolute atomic E-state index is 9.80. The van der Waals surface area contributed by atoms with Crippen LogP contribution in [0.2, 0.25) is 25.7 Å². The third-order valence-electron chi connectivity index (χ3n) is 6.81. The van der Waals surface area contributed by atoms with Crippen LogP contribution in [0.5, 0.6) is 0 Å². The summed E-state index contributed by atoms with van der Waals surface area (Å²) in [6, 6.07) is 13.6. The van der Waals surface area contributed by atoms with Gasteiger partial charge in [0.05, 0.1) is 17.3 Å². The molecule has 10 heteroatoms. The first-order valence-corrected chi connectivity index (χ1v) is 16.6. The Hall–Kier alpha value is -2.95. The Kier molecular flexibility index (Phi) is 7.00. The van der Waals surface area contributed by atoms with Crippen molar-refractivity contribution in [1.29, 1.82) is 0 Å². The van der Waals surface area contributed by atoms with Gasteiger partial charge in [0.15, 0.2) is 5.65 Å². The van der Waals surface area contributed by atoms with Crippen molar-refractivity contribution >= 4 is 42.1 Å². The number of benzene rings is 1. The van der Waals surface area contributed by atoms with Crippen molar-refractivity contribution < 1.29 is 9.84 Å². The van der Waals surface area contributed by atoms with Gasteiger partial charge < -0.3 is 20.5 Å². The molecule has 4 aromatic rings. The summed E-state index contributed by atoms with van der Waals surface area (Å²) in [5, 5.41) is 27.3. The van der Waals surface area contributed by atoms with Crippen molar-refractivity contribution in [1.82, 2.24) is 24.4 Å². The minimum atomic E-state index is -1.13. The van der Waals surface area contributed by atoms with E-state index in [0.29, 0.717) is 18.7 Å². The highest BCUT2D eigenvalue weighted by molar-refractivity contribution is 6.76. The summed E-state index contributed by atoms with van der Waals surface area (Å²) in [7, 11) is -1.13. The van der Waals surface area contributed by atoms with E-state index in [4.69, 9.17) is 14.9 Å². The van der Waals surface area contributed by atoms with Gasteiger partial charge in [-0.2, -0.15) is 14.6 Å². The van der Waals surface area contributed by atoms with E-state index < -0.39 is 8.07 Å². The smallest absolute Gasteiger partial charge is 0.247 e. The highest BCUT2D eigenvalue weighted by atomic mass is 28.3. The summed E-state index contributed by atoms with van der Waals surface area (Å²) in [6.07, 6.45) is 3.40. The molecule has 0 amide bonds. The molecule has 0 aliphatic heterocycles. The molecule has 0 bridgehead atoms. The van der Waals surface area contributed by atoms with Gasteiger partial charge in [0.2, 0.25) is 5.95 Å². The molecule has 1 aliphatic carbocycles. The molecule has 0 unspecified atom stereocenters. The molecule has 0 saturated heterocycles. The zero-order valence-electron chi connectivity index (χ0n) is 21.7. The zero-order valence-corrected chi connectivity index (χ0v) is 22.7. The molecule has 0 radical (unpaired) electrons. The molecule has 1 fully saturated rings. The molecular weight excluding hydrogens is 470 g/mol. The van der Waals surface area contributed by atoms with Crippen LogP contribution in [0.25, 0.3) is 16.6 Å². The number of aliphatic hydroxyl groups excluding tert-OH is 1. The fraction of sp³-hybridized carbons (Fsp3) is 0.500. The number of anilines is 3. The van der Waals surface area contributed by atoms with Gasteiger partial charge in [-0.05, 0) is 69.0 Å². The molecule has 9 nitrogen and oxygen atoms in total. The van der Waals surface area contributed by atoms with E-state index in [9.17, 15) is 5.11 Å². The van der Waals surface area contributed by atoms with Crippen LogP contribution in [0, 0.1) is 6.92 Å². The first kappa shape index (κ1) is 24.7. The number of aliphatic hydroxyl groups is 1. The summed E-state index contributed by atoms with van der Waals surface area (Å²) in [6.45, 7) is 10.3. The molecule has 1 saturated carbocycles. The molecule has 0 atom stereocenters. The van der Waals surface area contributed by atoms with Gasteiger partial charge in [0.1, 0.15) is 12.5 Å². The quantitative estimate of drug-likeness (QED) is 0.212. The number of rotatable bonds is 9. The third-order valence-corrected chi connectivity index (χ3v) is 8.52. The van der Waals surface area contributed by atoms with E-state index in [0.717, 1.165) is 72.1 Å². The van der Waals surface area contributed by atoms with Gasteiger partial charge in [-0.15, -0.1) is 5.10 Å². The fourth-order valence-electron chi connectivity index (χ4n) is 4.67. The Morgan fingerprint density at radius 2 is 1.89 bits per heavy atom. The summed E-state index contributed by atoms with van der Waals surface area (Å²) in [4.78, 5) is 4.68. The molecule has 192 valence electrons. The number of hydrogen-bond donors (Lipinski definition) is 3. The van der Waals surface area contributed by atoms with Gasteiger partial charge >= 0.3 is 0 Å². The van der Waals surface area contributed by atoms with Gasteiger partial charge in [-0.1, -0.05) is 25.7 Å². The second kappa shape index (κ2) is 10.2. The van der Waals surface area contributed by atoms with Crippen LogP contribution < -0.4 is 10.6 Å². The van der Waals surface area contributed by atoms with Crippen LogP contribution in [0.1, 0.15) is 31.4 Å². The number of nitrogens with one attached hydrogen (secondary N) is 2. The Balaban J connectivity index is 1.32. The topological polar surface area (TPSA) is 102 Å². The number of ether oxygens (including phenoxy) is 1. The number of pyridine rings is 1. The Labute approximate surface area is 212 Å². The molecule has 3 N–H and O–H groups in total. The second-order valence-electron chi connectivity index (χ2n) is 11.1. The highest BCUT2D eigenvalue weighted by Gasteiger charge is 2.20. The summed E-state index contributed by atoms with van der Waals surface area (Å²) >= 11 is 0. The SMILES string of the molecule is Cc1nn(COCC[Si](C)(C)C)c2cc(Nc3nc4cccc(NC5CCC(O)CC5)n4n3)ccc12. The normalized spacial score (nSPS) is 18.7. The van der Waals surface area contributed by atoms with Crippen LogP contribution in [0.3, 0.4) is 0 Å². The van der Waals surface area contributed by atoms with Gasteiger partial charge in [-0.3, -0.25) is 0 Å². The van der Waals surface area contributed by atoms with Gasteiger partial charge in [0, 0.05) is 31.8 Å². The number of nitrogens with zero attached hydrogens (tertiary/aromatic N) is 5. The van der Waals surface area contributed by atoms with Crippen molar-refractivity contribution in [2.75, 3.05) is 17.2 Å². The molecule has 3 aromatic heterocycles. The Bertz CT molecular complexity index is 1340. The summed E-state index contributed by atoms with van der Waals surface area (Å²) in [5.74, 6) is 1.45. The van der Waals surface area contributed by atoms with Crippen LogP contribution in [0.15, 0.2) is 36.4 Å². The molecule has 36 heavy (non-hydrogen) atoms. The van der Waals surface area contributed by atoms with Crippen LogP contribution in [-0.4, -0.2) is 56.3 Å². The predicted molar refractivity (Wildman–Crippen MR) is 147 cm³/mol. The Morgan fingerprint density at radius 1 is 1.08 bits per heavy atom. The average Bonchev–Trinajstić information content (AvgIpc) is 3.38. The molecule has 5 rings (SSSR count). The molecule has 3 heterocycles. The lowest BCUT2D eigenvalue weighted by Gasteiger charge is -2.26. The van der Waals surface area contributed by atoms with Crippen molar-refractivity contribution in [3.05, 3.63) is 42.1 Å². The van der Waals surface area contributed by atoms with E-state index in [1.165, 1.54) is 0 Å². The maximum atomic E-state index is 9.80. The first-order chi connectivity index (χ1) is 17.2. The summed E-state index contributed by atoms with van der Waals surface area (Å²) < 4.78 is 9.73. The van der Waals surface area contributed by atoms with Gasteiger partial charge in [-0.25, -0.2) is 4.68 Å². The van der Waals surface area contributed by atoms with Crippen LogP contribution >= 0.6 is 0 Å². The van der Waals surface area contributed by atoms with Crippen LogP contribution in [0.4, 0.5) is 17.5 Å². The van der Waals surface area contributed by atoms with E-state index in [-0.39, 0.29) is 6.10 Å². The lowest BCUT2D eigenvalue weighted by atomic mass is 9.93. The average molecular weight is 508 g/mol. The number of hydrogen-bond acceptors (Lipinski definition) is 7. The first-order valence-electron chi connectivity index (χ1n) is 12.9. The fourth-order valence-corrected chi connectivity index (χ4v) is 5.43. The minimum Gasteiger partial charge on any atom is -0.393 e. The summed E-state index contributed by atoms with van der Waals surface area (Å²) in [5.41, 5.74) is 3.69. The Morgan fingerprint density at radius 3 is 2.67 bits per heavy atom. The van der Waals surface area contributed by atoms with Crippen molar-refractivity contribution in [3.63, 3.8) is 0 Å². The molecule has 1 aromatic carbocycles. The van der Waals surface area contributed by atoms with Crippen LogP contribution in [-0.2, 0) is 11.5 Å². The molecular formula is C26H37N7O2Si. The number of fused-ring (bicyclic) bond motifs is 2.